The molecular formula is C17H19N4O2S+. The third-order valence-electron chi connectivity index (χ3n) is 4.16. The summed E-state index contributed by atoms with van der Waals surface area (Å²) in [5, 5.41) is 19.2. The normalized spacial score (nSPS) is 20.3. The summed E-state index contributed by atoms with van der Waals surface area (Å²) in [5.41, 5.74) is 0.621. The number of carbonyl (C=O) groups is 1. The Bertz CT molecular complexity index is 730. The van der Waals surface area contributed by atoms with E-state index in [0.29, 0.717) is 16.9 Å². The molecule has 24 heavy (non-hydrogen) atoms. The quantitative estimate of drug-likeness (QED) is 0.780. The summed E-state index contributed by atoms with van der Waals surface area (Å²) in [6.07, 6.45) is 2.27. The number of nitriles is 1. The average molecular weight is 343 g/mol. The number of amidine groups is 1. The van der Waals surface area contributed by atoms with Gasteiger partial charge in [-0.15, -0.1) is 0 Å². The molecule has 7 heteroatoms. The van der Waals surface area contributed by atoms with Crippen molar-refractivity contribution in [2.45, 2.75) is 6.42 Å². The van der Waals surface area contributed by atoms with Crippen LogP contribution in [0, 0.1) is 11.3 Å². The van der Waals surface area contributed by atoms with Crippen LogP contribution in [0.4, 0.5) is 0 Å². The molecule has 1 amide bonds. The van der Waals surface area contributed by atoms with Crippen molar-refractivity contribution in [1.82, 2.24) is 4.90 Å². The highest BCUT2D eigenvalue weighted by Gasteiger charge is 2.29. The van der Waals surface area contributed by atoms with Gasteiger partial charge < -0.3 is 14.9 Å². The second kappa shape index (κ2) is 7.51. The second-order valence-electron chi connectivity index (χ2n) is 5.76. The number of aliphatic imine (C=N–C) groups is 1. The van der Waals surface area contributed by atoms with Crippen molar-refractivity contribution in [1.29, 1.82) is 5.26 Å². The highest BCUT2D eigenvalue weighted by atomic mass is 32.2. The van der Waals surface area contributed by atoms with Crippen LogP contribution in [-0.2, 0) is 4.79 Å². The highest BCUT2D eigenvalue weighted by Crippen LogP contribution is 2.31. The van der Waals surface area contributed by atoms with E-state index >= 15 is 0 Å². The predicted molar refractivity (Wildman–Crippen MR) is 93.5 cm³/mol. The van der Waals surface area contributed by atoms with E-state index in [1.165, 1.54) is 16.7 Å². The molecule has 124 valence electrons. The number of nitrogens with zero attached hydrogens (tertiary/aromatic N) is 3. The Kier molecular flexibility index (Phi) is 5.18. The number of aromatic hydroxyl groups is 1. The van der Waals surface area contributed by atoms with Gasteiger partial charge in [0.1, 0.15) is 5.75 Å². The van der Waals surface area contributed by atoms with Gasteiger partial charge in [0.05, 0.1) is 50.1 Å². The Labute approximate surface area is 145 Å². The van der Waals surface area contributed by atoms with Crippen LogP contribution in [0.2, 0.25) is 0 Å². The molecule has 0 unspecified atom stereocenters. The number of thioether (sulfide) groups is 1. The molecule has 0 spiro atoms. The van der Waals surface area contributed by atoms with E-state index in [-0.39, 0.29) is 11.7 Å². The standard InChI is InChI=1S/C17H18N4O2S/c18-6-3-7-20-8-10-21(11-9-20)17-19-16(23)15(24-17)12-13-4-1-2-5-14(13)22/h1-2,4-5,12,22H,3,7-11H2/p+1/b15-12+. The first-order chi connectivity index (χ1) is 11.7. The van der Waals surface area contributed by atoms with Gasteiger partial charge in [-0.3, -0.25) is 4.79 Å². The third kappa shape index (κ3) is 3.78. The van der Waals surface area contributed by atoms with Crippen molar-refractivity contribution in [3.8, 4) is 11.8 Å². The van der Waals surface area contributed by atoms with Crippen molar-refractivity contribution >= 4 is 28.9 Å². The Morgan fingerprint density at radius 3 is 2.83 bits per heavy atom. The van der Waals surface area contributed by atoms with E-state index in [9.17, 15) is 9.90 Å². The van der Waals surface area contributed by atoms with Crippen LogP contribution >= 0.6 is 11.8 Å². The molecule has 3 rings (SSSR count). The van der Waals surface area contributed by atoms with Crippen molar-refractivity contribution in [3.63, 3.8) is 0 Å². The van der Waals surface area contributed by atoms with Crippen molar-refractivity contribution < 1.29 is 14.8 Å². The van der Waals surface area contributed by atoms with Crippen LogP contribution < -0.4 is 4.90 Å². The number of hydrogen-bond donors (Lipinski definition) is 2. The Hall–Kier alpha value is -2.30. The van der Waals surface area contributed by atoms with Gasteiger partial charge in [0.25, 0.3) is 5.91 Å². The number of nitrogens with one attached hydrogen (secondary N) is 1. The lowest BCUT2D eigenvalue weighted by molar-refractivity contribution is -0.903. The first kappa shape index (κ1) is 16.6. The molecule has 0 aromatic heterocycles. The van der Waals surface area contributed by atoms with Crippen LogP contribution in [-0.4, -0.2) is 53.8 Å². The van der Waals surface area contributed by atoms with Gasteiger partial charge in [-0.1, -0.05) is 18.2 Å². The summed E-state index contributed by atoms with van der Waals surface area (Å²) in [5.74, 6) is -0.0981. The fourth-order valence-electron chi connectivity index (χ4n) is 2.78. The minimum Gasteiger partial charge on any atom is -0.507 e. The zero-order chi connectivity index (χ0) is 16.9. The molecule has 1 saturated heterocycles. The zero-order valence-corrected chi connectivity index (χ0v) is 14.1. The summed E-state index contributed by atoms with van der Waals surface area (Å²) < 4.78 is 0. The number of carbonyl (C=O) groups excluding carboxylic acids is 1. The molecule has 1 aromatic rings. The van der Waals surface area contributed by atoms with Crippen LogP contribution in [0.1, 0.15) is 12.0 Å². The Morgan fingerprint density at radius 2 is 2.12 bits per heavy atom. The maximum atomic E-state index is 12.1. The molecular weight excluding hydrogens is 324 g/mol. The van der Waals surface area contributed by atoms with E-state index in [2.05, 4.69) is 16.0 Å². The van der Waals surface area contributed by atoms with Gasteiger partial charge in [-0.25, -0.2) is 0 Å². The lowest BCUT2D eigenvalue weighted by atomic mass is 10.2. The van der Waals surface area contributed by atoms with Gasteiger partial charge in [-0.2, -0.15) is 10.3 Å². The molecule has 0 radical (unpaired) electrons. The molecule has 1 fully saturated rings. The molecule has 1 aromatic carbocycles. The number of benzene rings is 1. The zero-order valence-electron chi connectivity index (χ0n) is 13.2. The lowest BCUT2D eigenvalue weighted by Crippen LogP contribution is -3.14. The van der Waals surface area contributed by atoms with E-state index in [4.69, 9.17) is 5.26 Å². The summed E-state index contributed by atoms with van der Waals surface area (Å²) in [7, 11) is 0. The number of quaternary nitrogens is 1. The third-order valence-corrected chi connectivity index (χ3v) is 5.21. The van der Waals surface area contributed by atoms with Crippen molar-refractivity contribution in [2.75, 3.05) is 32.7 Å². The number of para-hydroxylation sites is 1. The van der Waals surface area contributed by atoms with Crippen LogP contribution in [0.5, 0.6) is 5.75 Å². The molecule has 0 aliphatic carbocycles. The summed E-state index contributed by atoms with van der Waals surface area (Å²) >= 11 is 1.36. The second-order valence-corrected chi connectivity index (χ2v) is 6.77. The Morgan fingerprint density at radius 1 is 1.38 bits per heavy atom. The van der Waals surface area contributed by atoms with Gasteiger partial charge in [0.2, 0.25) is 0 Å². The number of rotatable bonds is 3. The van der Waals surface area contributed by atoms with Gasteiger partial charge in [0.15, 0.2) is 5.17 Å². The maximum absolute atomic E-state index is 12.1. The molecule has 2 aliphatic rings. The van der Waals surface area contributed by atoms with Crippen LogP contribution in [0.3, 0.4) is 0 Å². The fourth-order valence-corrected chi connectivity index (χ4v) is 3.74. The van der Waals surface area contributed by atoms with E-state index in [1.807, 2.05) is 6.07 Å². The number of hydrogen-bond acceptors (Lipinski definition) is 5. The van der Waals surface area contributed by atoms with Crippen molar-refractivity contribution in [3.05, 3.63) is 34.7 Å². The number of phenols is 1. The van der Waals surface area contributed by atoms with Crippen LogP contribution in [0.15, 0.2) is 34.2 Å². The molecule has 2 N–H and O–H groups in total. The number of amides is 1. The first-order valence-electron chi connectivity index (χ1n) is 7.93. The largest absolute Gasteiger partial charge is 0.507 e. The Balaban J connectivity index is 1.62. The van der Waals surface area contributed by atoms with E-state index in [1.54, 1.807) is 24.3 Å². The minimum atomic E-state index is -0.252. The maximum Gasteiger partial charge on any atom is 0.286 e. The van der Waals surface area contributed by atoms with Gasteiger partial charge in [0, 0.05) is 5.56 Å². The molecule has 2 heterocycles. The molecule has 2 aliphatic heterocycles. The lowest BCUT2D eigenvalue weighted by Gasteiger charge is -2.32. The fraction of sp³-hybridized carbons (Fsp3) is 0.353. The smallest absolute Gasteiger partial charge is 0.286 e. The average Bonchev–Trinajstić information content (AvgIpc) is 2.96. The van der Waals surface area contributed by atoms with Gasteiger partial charge >= 0.3 is 0 Å². The number of phenolic OH excluding ortho intramolecular Hbond substituents is 1. The summed E-state index contributed by atoms with van der Waals surface area (Å²) in [6, 6.07) is 9.12. The SMILES string of the molecule is N#CCC[NH+]1CCN(C2=NC(=O)/C(=C\c3ccccc3O)S2)CC1. The van der Waals surface area contributed by atoms with Crippen molar-refractivity contribution in [2.24, 2.45) is 4.99 Å². The van der Waals surface area contributed by atoms with Gasteiger partial charge in [-0.05, 0) is 23.9 Å². The molecule has 6 nitrogen and oxygen atoms in total. The number of piperazine rings is 1. The van der Waals surface area contributed by atoms with E-state index < -0.39 is 0 Å². The molecule has 0 atom stereocenters. The topological polar surface area (TPSA) is 81.1 Å². The predicted octanol–water partition coefficient (Wildman–Crippen LogP) is 0.477. The van der Waals surface area contributed by atoms with E-state index in [0.717, 1.165) is 37.9 Å². The summed E-state index contributed by atoms with van der Waals surface area (Å²) in [6.45, 7) is 4.46. The first-order valence-corrected chi connectivity index (χ1v) is 8.75. The highest BCUT2D eigenvalue weighted by molar-refractivity contribution is 8.18. The molecule has 0 saturated carbocycles. The minimum absolute atomic E-state index is 0.154. The summed E-state index contributed by atoms with van der Waals surface area (Å²) in [4.78, 5) is 20.4. The molecule has 0 bridgehead atoms. The monoisotopic (exact) mass is 343 g/mol. The van der Waals surface area contributed by atoms with Crippen LogP contribution in [0.25, 0.3) is 6.08 Å².